The summed E-state index contributed by atoms with van der Waals surface area (Å²) in [6.45, 7) is 4.04. The standard InChI is InChI=1S/C11H18N2O/c1-4-13(2)8-9-5-6-10(12)7-11(9)14-3/h5-7H,4,8,12H2,1-3H3. The Balaban J connectivity index is 2.85. The van der Waals surface area contributed by atoms with Crippen molar-refractivity contribution in [2.45, 2.75) is 13.5 Å². The smallest absolute Gasteiger partial charge is 0.125 e. The van der Waals surface area contributed by atoms with Crippen LogP contribution in [0.2, 0.25) is 0 Å². The van der Waals surface area contributed by atoms with Gasteiger partial charge in [0.25, 0.3) is 0 Å². The molecule has 1 aromatic rings. The fraction of sp³-hybridized carbons (Fsp3) is 0.455. The van der Waals surface area contributed by atoms with Crippen LogP contribution in [-0.2, 0) is 6.54 Å². The molecule has 3 nitrogen and oxygen atoms in total. The second kappa shape index (κ2) is 4.86. The summed E-state index contributed by atoms with van der Waals surface area (Å²) in [4.78, 5) is 2.22. The molecule has 0 heterocycles. The van der Waals surface area contributed by atoms with Crippen LogP contribution in [0, 0.1) is 0 Å². The molecule has 3 heteroatoms. The molecule has 14 heavy (non-hydrogen) atoms. The lowest BCUT2D eigenvalue weighted by Crippen LogP contribution is -2.17. The zero-order valence-electron chi connectivity index (χ0n) is 9.08. The maximum Gasteiger partial charge on any atom is 0.125 e. The first kappa shape index (κ1) is 10.9. The van der Waals surface area contributed by atoms with Crippen molar-refractivity contribution in [2.75, 3.05) is 26.4 Å². The number of benzene rings is 1. The van der Waals surface area contributed by atoms with Gasteiger partial charge in [0, 0.05) is 23.9 Å². The highest BCUT2D eigenvalue weighted by Gasteiger charge is 2.05. The third kappa shape index (κ3) is 2.64. The van der Waals surface area contributed by atoms with Crippen LogP contribution < -0.4 is 10.5 Å². The molecule has 0 atom stereocenters. The van der Waals surface area contributed by atoms with Gasteiger partial charge in [-0.05, 0) is 19.7 Å². The molecule has 78 valence electrons. The number of nitrogens with zero attached hydrogens (tertiary/aromatic N) is 1. The average Bonchev–Trinajstić information content (AvgIpc) is 2.20. The summed E-state index contributed by atoms with van der Waals surface area (Å²) in [6, 6.07) is 5.78. The van der Waals surface area contributed by atoms with E-state index in [2.05, 4.69) is 18.9 Å². The van der Waals surface area contributed by atoms with Crippen LogP contribution in [0.25, 0.3) is 0 Å². The SMILES string of the molecule is CCN(C)Cc1ccc(N)cc1OC. The monoisotopic (exact) mass is 194 g/mol. The molecule has 0 fully saturated rings. The Morgan fingerprint density at radius 2 is 2.14 bits per heavy atom. The second-order valence-electron chi connectivity index (χ2n) is 3.40. The highest BCUT2D eigenvalue weighted by Crippen LogP contribution is 2.22. The van der Waals surface area contributed by atoms with Gasteiger partial charge in [-0.1, -0.05) is 13.0 Å². The molecular weight excluding hydrogens is 176 g/mol. The quantitative estimate of drug-likeness (QED) is 0.742. The first-order valence-electron chi connectivity index (χ1n) is 4.78. The van der Waals surface area contributed by atoms with Crippen molar-refractivity contribution < 1.29 is 4.74 Å². The lowest BCUT2D eigenvalue weighted by Gasteiger charge is -2.16. The zero-order valence-corrected chi connectivity index (χ0v) is 9.08. The molecule has 1 aromatic carbocycles. The molecule has 0 aromatic heterocycles. The van der Waals surface area contributed by atoms with Gasteiger partial charge in [0.1, 0.15) is 5.75 Å². The fourth-order valence-corrected chi connectivity index (χ4v) is 1.29. The Bertz CT molecular complexity index is 299. The Hall–Kier alpha value is -1.22. The molecule has 0 bridgehead atoms. The largest absolute Gasteiger partial charge is 0.496 e. The number of hydrogen-bond donors (Lipinski definition) is 1. The van der Waals surface area contributed by atoms with Gasteiger partial charge in [-0.25, -0.2) is 0 Å². The van der Waals surface area contributed by atoms with E-state index in [1.807, 2.05) is 18.2 Å². The zero-order chi connectivity index (χ0) is 10.6. The van der Waals surface area contributed by atoms with Crippen molar-refractivity contribution >= 4 is 5.69 Å². The topological polar surface area (TPSA) is 38.5 Å². The van der Waals surface area contributed by atoms with E-state index < -0.39 is 0 Å². The van der Waals surface area contributed by atoms with Crippen molar-refractivity contribution in [3.8, 4) is 5.75 Å². The highest BCUT2D eigenvalue weighted by molar-refractivity contribution is 5.48. The van der Waals surface area contributed by atoms with Gasteiger partial charge >= 0.3 is 0 Å². The van der Waals surface area contributed by atoms with E-state index in [0.29, 0.717) is 0 Å². The van der Waals surface area contributed by atoms with Crippen molar-refractivity contribution in [1.29, 1.82) is 0 Å². The number of hydrogen-bond acceptors (Lipinski definition) is 3. The van der Waals surface area contributed by atoms with Crippen molar-refractivity contribution in [1.82, 2.24) is 4.90 Å². The van der Waals surface area contributed by atoms with E-state index >= 15 is 0 Å². The first-order valence-corrected chi connectivity index (χ1v) is 4.78. The molecule has 1 rings (SSSR count). The molecular formula is C11H18N2O. The number of rotatable bonds is 4. The lowest BCUT2D eigenvalue weighted by molar-refractivity contribution is 0.333. The summed E-state index contributed by atoms with van der Waals surface area (Å²) in [5.74, 6) is 0.866. The van der Waals surface area contributed by atoms with E-state index in [9.17, 15) is 0 Å². The predicted molar refractivity (Wildman–Crippen MR) is 59.4 cm³/mol. The maximum absolute atomic E-state index is 5.67. The minimum atomic E-state index is 0.741. The van der Waals surface area contributed by atoms with Crippen LogP contribution >= 0.6 is 0 Å². The molecule has 0 aliphatic heterocycles. The van der Waals surface area contributed by atoms with Crippen LogP contribution in [0.4, 0.5) is 5.69 Å². The van der Waals surface area contributed by atoms with Crippen LogP contribution in [0.3, 0.4) is 0 Å². The number of methoxy groups -OCH3 is 1. The van der Waals surface area contributed by atoms with E-state index in [1.165, 1.54) is 5.56 Å². The van der Waals surface area contributed by atoms with Crippen LogP contribution in [0.5, 0.6) is 5.75 Å². The van der Waals surface area contributed by atoms with Crippen LogP contribution in [0.1, 0.15) is 12.5 Å². The van der Waals surface area contributed by atoms with Gasteiger partial charge in [0.15, 0.2) is 0 Å². The Morgan fingerprint density at radius 1 is 1.43 bits per heavy atom. The van der Waals surface area contributed by atoms with E-state index in [0.717, 1.165) is 24.5 Å². The minimum absolute atomic E-state index is 0.741. The molecule has 0 saturated carbocycles. The summed E-state index contributed by atoms with van der Waals surface area (Å²) in [5.41, 5.74) is 7.59. The fourth-order valence-electron chi connectivity index (χ4n) is 1.29. The van der Waals surface area contributed by atoms with Gasteiger partial charge in [0.05, 0.1) is 7.11 Å². The summed E-state index contributed by atoms with van der Waals surface area (Å²) in [6.07, 6.45) is 0. The van der Waals surface area contributed by atoms with Crippen molar-refractivity contribution in [2.24, 2.45) is 0 Å². The predicted octanol–water partition coefficient (Wildman–Crippen LogP) is 1.73. The van der Waals surface area contributed by atoms with Gasteiger partial charge < -0.3 is 15.4 Å². The third-order valence-electron chi connectivity index (χ3n) is 2.29. The maximum atomic E-state index is 5.67. The van der Waals surface area contributed by atoms with E-state index in [4.69, 9.17) is 10.5 Å². The highest BCUT2D eigenvalue weighted by atomic mass is 16.5. The van der Waals surface area contributed by atoms with E-state index in [1.54, 1.807) is 7.11 Å². The second-order valence-corrected chi connectivity index (χ2v) is 3.40. The van der Waals surface area contributed by atoms with Crippen molar-refractivity contribution in [3.05, 3.63) is 23.8 Å². The molecule has 0 aliphatic carbocycles. The molecule has 0 saturated heterocycles. The summed E-state index contributed by atoms with van der Waals surface area (Å²) < 4.78 is 5.26. The van der Waals surface area contributed by atoms with E-state index in [-0.39, 0.29) is 0 Å². The van der Waals surface area contributed by atoms with Gasteiger partial charge in [-0.15, -0.1) is 0 Å². The summed E-state index contributed by atoms with van der Waals surface area (Å²) in [7, 11) is 3.75. The molecule has 0 unspecified atom stereocenters. The Labute approximate surface area is 85.5 Å². The first-order chi connectivity index (χ1) is 6.67. The Morgan fingerprint density at radius 3 is 2.71 bits per heavy atom. The third-order valence-corrected chi connectivity index (χ3v) is 2.29. The van der Waals surface area contributed by atoms with Gasteiger partial charge in [0.2, 0.25) is 0 Å². The molecule has 0 spiro atoms. The molecule has 0 aliphatic rings. The van der Waals surface area contributed by atoms with Gasteiger partial charge in [-0.3, -0.25) is 0 Å². The number of nitrogen functional groups attached to an aromatic ring is 1. The normalized spacial score (nSPS) is 10.6. The number of nitrogens with two attached hydrogens (primary N) is 1. The lowest BCUT2D eigenvalue weighted by atomic mass is 10.1. The van der Waals surface area contributed by atoms with Crippen LogP contribution in [-0.4, -0.2) is 25.6 Å². The number of anilines is 1. The van der Waals surface area contributed by atoms with Gasteiger partial charge in [-0.2, -0.15) is 0 Å². The molecule has 0 radical (unpaired) electrons. The Kier molecular flexibility index (Phi) is 3.77. The molecule has 0 amide bonds. The average molecular weight is 194 g/mol. The molecule has 2 N–H and O–H groups in total. The summed E-state index contributed by atoms with van der Waals surface area (Å²) in [5, 5.41) is 0. The summed E-state index contributed by atoms with van der Waals surface area (Å²) >= 11 is 0. The minimum Gasteiger partial charge on any atom is -0.496 e. The van der Waals surface area contributed by atoms with Crippen molar-refractivity contribution in [3.63, 3.8) is 0 Å². The van der Waals surface area contributed by atoms with Crippen LogP contribution in [0.15, 0.2) is 18.2 Å². The number of ether oxygens (including phenoxy) is 1.